The van der Waals surface area contributed by atoms with Crippen LogP contribution in [0.3, 0.4) is 0 Å². The van der Waals surface area contributed by atoms with Crippen molar-refractivity contribution in [3.8, 4) is 0 Å². The van der Waals surface area contributed by atoms with Crippen molar-refractivity contribution in [3.05, 3.63) is 12.5 Å². The van der Waals surface area contributed by atoms with Gasteiger partial charge in [-0.05, 0) is 6.42 Å². The molecule has 3 N–H and O–H groups in total. The van der Waals surface area contributed by atoms with Gasteiger partial charge in [-0.15, -0.1) is 0 Å². The van der Waals surface area contributed by atoms with Gasteiger partial charge in [0.1, 0.15) is 0 Å². The summed E-state index contributed by atoms with van der Waals surface area (Å²) in [7, 11) is -3.67. The van der Waals surface area contributed by atoms with Crippen LogP contribution >= 0.6 is 0 Å². The van der Waals surface area contributed by atoms with Crippen LogP contribution in [-0.2, 0) is 14.8 Å². The molecular weight excluding hydrogens is 232 g/mol. The van der Waals surface area contributed by atoms with Gasteiger partial charge in [-0.1, -0.05) is 6.92 Å². The maximum Gasteiger partial charge on any atom is 0.258 e. The minimum atomic E-state index is -3.67. The first-order valence-corrected chi connectivity index (χ1v) is 6.29. The van der Waals surface area contributed by atoms with E-state index in [9.17, 15) is 13.2 Å². The molecule has 1 amide bonds. The summed E-state index contributed by atoms with van der Waals surface area (Å²) in [6.45, 7) is 2.17. The lowest BCUT2D eigenvalue weighted by Gasteiger charge is -2.05. The second-order valence-electron chi connectivity index (χ2n) is 3.09. The van der Waals surface area contributed by atoms with Gasteiger partial charge in [0.15, 0.2) is 5.03 Å². The van der Waals surface area contributed by atoms with E-state index >= 15 is 0 Å². The van der Waals surface area contributed by atoms with Gasteiger partial charge < -0.3 is 10.3 Å². The number of rotatable bonds is 6. The van der Waals surface area contributed by atoms with Crippen molar-refractivity contribution in [1.82, 2.24) is 20.0 Å². The second kappa shape index (κ2) is 5.61. The number of carbonyl (C=O) groups is 1. The number of hydrogen-bond acceptors (Lipinski definition) is 4. The first kappa shape index (κ1) is 12.7. The molecule has 16 heavy (non-hydrogen) atoms. The highest BCUT2D eigenvalue weighted by molar-refractivity contribution is 7.89. The van der Waals surface area contributed by atoms with Gasteiger partial charge in [-0.25, -0.2) is 18.1 Å². The monoisotopic (exact) mass is 246 g/mol. The molecule has 0 fully saturated rings. The molecular formula is C8H14N4O3S. The number of aromatic nitrogens is 2. The van der Waals surface area contributed by atoms with E-state index in [1.165, 1.54) is 12.5 Å². The van der Waals surface area contributed by atoms with Crippen molar-refractivity contribution in [2.75, 3.05) is 13.1 Å². The second-order valence-corrected chi connectivity index (χ2v) is 4.83. The summed E-state index contributed by atoms with van der Waals surface area (Å²) >= 11 is 0. The number of hydrogen-bond donors (Lipinski definition) is 3. The molecule has 0 aliphatic carbocycles. The van der Waals surface area contributed by atoms with Crippen LogP contribution in [0.4, 0.5) is 0 Å². The topological polar surface area (TPSA) is 104 Å². The zero-order valence-electron chi connectivity index (χ0n) is 8.86. The number of amides is 1. The third-order valence-electron chi connectivity index (χ3n) is 1.76. The molecule has 1 rings (SSSR count). The van der Waals surface area contributed by atoms with Crippen LogP contribution in [0.2, 0.25) is 0 Å². The Kier molecular flexibility index (Phi) is 4.44. The number of sulfonamides is 1. The van der Waals surface area contributed by atoms with E-state index in [0.717, 1.165) is 6.42 Å². The van der Waals surface area contributed by atoms with E-state index in [1.807, 2.05) is 6.92 Å². The number of aromatic amines is 1. The van der Waals surface area contributed by atoms with E-state index in [1.54, 1.807) is 0 Å². The summed E-state index contributed by atoms with van der Waals surface area (Å²) in [5.41, 5.74) is 0. The number of imidazole rings is 1. The van der Waals surface area contributed by atoms with E-state index in [4.69, 9.17) is 0 Å². The molecule has 0 unspecified atom stereocenters. The highest BCUT2D eigenvalue weighted by atomic mass is 32.2. The summed E-state index contributed by atoms with van der Waals surface area (Å²) in [6.07, 6.45) is 3.23. The molecule has 0 radical (unpaired) electrons. The molecule has 0 aromatic carbocycles. The number of nitrogens with zero attached hydrogens (tertiary/aromatic N) is 1. The summed E-state index contributed by atoms with van der Waals surface area (Å²) < 4.78 is 25.2. The molecule has 0 atom stereocenters. The Morgan fingerprint density at radius 1 is 1.56 bits per heavy atom. The molecule has 0 saturated carbocycles. The third kappa shape index (κ3) is 3.63. The largest absolute Gasteiger partial charge is 0.355 e. The molecule has 0 saturated heterocycles. The van der Waals surface area contributed by atoms with E-state index in [0.29, 0.717) is 6.54 Å². The quantitative estimate of drug-likeness (QED) is 0.612. The van der Waals surface area contributed by atoms with Crippen molar-refractivity contribution < 1.29 is 13.2 Å². The van der Waals surface area contributed by atoms with Gasteiger partial charge in [-0.2, -0.15) is 0 Å². The summed E-state index contributed by atoms with van der Waals surface area (Å²) in [6, 6.07) is 0. The van der Waals surface area contributed by atoms with E-state index < -0.39 is 10.0 Å². The molecule has 90 valence electrons. The average Bonchev–Trinajstić information content (AvgIpc) is 2.77. The van der Waals surface area contributed by atoms with E-state index in [2.05, 4.69) is 20.0 Å². The van der Waals surface area contributed by atoms with Crippen molar-refractivity contribution in [2.45, 2.75) is 18.4 Å². The molecule has 0 spiro atoms. The third-order valence-corrected chi connectivity index (χ3v) is 3.08. The summed E-state index contributed by atoms with van der Waals surface area (Å²) in [5.74, 6) is -0.357. The predicted molar refractivity (Wildman–Crippen MR) is 57.1 cm³/mol. The van der Waals surface area contributed by atoms with Crippen LogP contribution < -0.4 is 10.0 Å². The Balaban J connectivity index is 2.46. The highest BCUT2D eigenvalue weighted by Crippen LogP contribution is 2.00. The fourth-order valence-corrected chi connectivity index (χ4v) is 1.84. The number of nitrogens with one attached hydrogen (secondary N) is 3. The van der Waals surface area contributed by atoms with Crippen LogP contribution in [0.25, 0.3) is 0 Å². The maximum atomic E-state index is 11.5. The molecule has 1 aromatic heterocycles. The predicted octanol–water partition coefficient (Wildman–Crippen LogP) is -0.786. The molecule has 8 heteroatoms. The number of carbonyl (C=O) groups excluding carboxylic acids is 1. The number of H-pyrrole nitrogens is 1. The smallest absolute Gasteiger partial charge is 0.258 e. The van der Waals surface area contributed by atoms with Gasteiger partial charge in [0, 0.05) is 6.54 Å². The molecule has 0 bridgehead atoms. The van der Waals surface area contributed by atoms with Gasteiger partial charge in [-0.3, -0.25) is 4.79 Å². The molecule has 7 nitrogen and oxygen atoms in total. The first-order valence-electron chi connectivity index (χ1n) is 4.81. The zero-order chi connectivity index (χ0) is 12.0. The van der Waals surface area contributed by atoms with Crippen molar-refractivity contribution >= 4 is 15.9 Å². The van der Waals surface area contributed by atoms with Crippen LogP contribution in [0.1, 0.15) is 13.3 Å². The Labute approximate surface area is 93.7 Å². The minimum Gasteiger partial charge on any atom is -0.355 e. The Morgan fingerprint density at radius 2 is 2.31 bits per heavy atom. The molecule has 1 heterocycles. The Bertz CT molecular complexity index is 426. The minimum absolute atomic E-state index is 0.0595. The normalized spacial score (nSPS) is 11.3. The SMILES string of the molecule is CCCNC(=O)CNS(=O)(=O)c1cnc[nH]1. The fraction of sp³-hybridized carbons (Fsp3) is 0.500. The van der Waals surface area contributed by atoms with Crippen LogP contribution in [0.15, 0.2) is 17.6 Å². The van der Waals surface area contributed by atoms with Gasteiger partial charge in [0.25, 0.3) is 10.0 Å². The van der Waals surface area contributed by atoms with Gasteiger partial charge in [0.05, 0.1) is 19.1 Å². The van der Waals surface area contributed by atoms with Crippen molar-refractivity contribution in [3.63, 3.8) is 0 Å². The van der Waals surface area contributed by atoms with Gasteiger partial charge in [0.2, 0.25) is 5.91 Å². The molecule has 1 aromatic rings. The average molecular weight is 246 g/mol. The van der Waals surface area contributed by atoms with Crippen molar-refractivity contribution in [1.29, 1.82) is 0 Å². The summed E-state index contributed by atoms with van der Waals surface area (Å²) in [5, 5.41) is 2.50. The lowest BCUT2D eigenvalue weighted by molar-refractivity contribution is -0.119. The van der Waals surface area contributed by atoms with Crippen LogP contribution in [0, 0.1) is 0 Å². The fourth-order valence-electron chi connectivity index (χ4n) is 0.955. The Morgan fingerprint density at radius 3 is 2.88 bits per heavy atom. The van der Waals surface area contributed by atoms with Gasteiger partial charge >= 0.3 is 0 Å². The molecule has 0 aliphatic heterocycles. The van der Waals surface area contributed by atoms with E-state index in [-0.39, 0.29) is 17.5 Å². The zero-order valence-corrected chi connectivity index (χ0v) is 9.67. The lowest BCUT2D eigenvalue weighted by atomic mass is 10.5. The highest BCUT2D eigenvalue weighted by Gasteiger charge is 2.16. The maximum absolute atomic E-state index is 11.5. The first-order chi connectivity index (χ1) is 7.56. The van der Waals surface area contributed by atoms with Crippen LogP contribution in [0.5, 0.6) is 0 Å². The Hall–Kier alpha value is -1.41. The van der Waals surface area contributed by atoms with Crippen LogP contribution in [-0.4, -0.2) is 37.4 Å². The standard InChI is InChI=1S/C8H14N4O3S/c1-2-3-10-7(13)4-12-16(14,15)8-5-9-6-11-8/h5-6,12H,2-4H2,1H3,(H,9,11)(H,10,13). The molecule has 0 aliphatic rings. The van der Waals surface area contributed by atoms with Crippen molar-refractivity contribution in [2.24, 2.45) is 0 Å². The lowest BCUT2D eigenvalue weighted by Crippen LogP contribution is -2.37. The summed E-state index contributed by atoms with van der Waals surface area (Å²) in [4.78, 5) is 17.2.